The van der Waals surface area contributed by atoms with Crippen molar-refractivity contribution in [2.24, 2.45) is 0 Å². The number of ether oxygens (including phenoxy) is 1. The summed E-state index contributed by atoms with van der Waals surface area (Å²) in [5, 5.41) is 2.81. The molecule has 0 unspecified atom stereocenters. The van der Waals surface area contributed by atoms with Gasteiger partial charge in [0.1, 0.15) is 18.2 Å². The van der Waals surface area contributed by atoms with Gasteiger partial charge in [0.05, 0.1) is 11.2 Å². The second kappa shape index (κ2) is 7.86. The lowest BCUT2D eigenvalue weighted by Gasteiger charge is -2.24. The minimum Gasteiger partial charge on any atom is -0.492 e. The fraction of sp³-hybridized carbons (Fsp3) is 0.316. The molecular weight excluding hydrogens is 357 g/mol. The number of hydrogen-bond acceptors (Lipinski definition) is 4. The number of anilines is 1. The second-order valence-corrected chi connectivity index (χ2v) is 8.85. The molecular formula is C19H22FNO4S. The molecule has 0 saturated carbocycles. The van der Waals surface area contributed by atoms with E-state index in [1.54, 1.807) is 50.2 Å². The van der Waals surface area contributed by atoms with Crippen molar-refractivity contribution >= 4 is 21.4 Å². The zero-order valence-corrected chi connectivity index (χ0v) is 15.8. The summed E-state index contributed by atoms with van der Waals surface area (Å²) in [6, 6.07) is 12.5. The molecule has 0 radical (unpaired) electrons. The first kappa shape index (κ1) is 19.9. The summed E-state index contributed by atoms with van der Waals surface area (Å²) in [5.41, 5.74) is 0.361. The van der Waals surface area contributed by atoms with Gasteiger partial charge in [-0.2, -0.15) is 0 Å². The molecule has 0 heterocycles. The van der Waals surface area contributed by atoms with Crippen molar-refractivity contribution in [1.29, 1.82) is 0 Å². The van der Waals surface area contributed by atoms with Crippen LogP contribution < -0.4 is 10.1 Å². The van der Waals surface area contributed by atoms with E-state index >= 15 is 0 Å². The van der Waals surface area contributed by atoms with Crippen LogP contribution in [0, 0.1) is 5.82 Å². The van der Waals surface area contributed by atoms with Crippen LogP contribution in [0.5, 0.6) is 5.75 Å². The van der Waals surface area contributed by atoms with Gasteiger partial charge in [-0.25, -0.2) is 12.8 Å². The lowest BCUT2D eigenvalue weighted by molar-refractivity contribution is -0.120. The summed E-state index contributed by atoms with van der Waals surface area (Å²) >= 11 is 0. The molecule has 7 heteroatoms. The number of sulfone groups is 1. The quantitative estimate of drug-likeness (QED) is 0.802. The third-order valence-electron chi connectivity index (χ3n) is 3.95. The summed E-state index contributed by atoms with van der Waals surface area (Å²) in [6.45, 7) is 3.54. The minimum absolute atomic E-state index is 0.0390. The van der Waals surface area contributed by atoms with Crippen LogP contribution in [0.2, 0.25) is 0 Å². The van der Waals surface area contributed by atoms with Crippen molar-refractivity contribution in [2.75, 3.05) is 23.9 Å². The molecule has 0 fully saturated rings. The van der Waals surface area contributed by atoms with E-state index in [1.165, 1.54) is 12.1 Å². The highest BCUT2D eigenvalue weighted by Gasteiger charge is 2.29. The average molecular weight is 379 g/mol. The predicted octanol–water partition coefficient (Wildman–Crippen LogP) is 3.17. The van der Waals surface area contributed by atoms with Crippen molar-refractivity contribution in [1.82, 2.24) is 0 Å². The number of halogens is 1. The van der Waals surface area contributed by atoms with E-state index in [2.05, 4.69) is 5.32 Å². The van der Waals surface area contributed by atoms with Crippen molar-refractivity contribution in [3.05, 3.63) is 59.9 Å². The van der Waals surface area contributed by atoms with Crippen molar-refractivity contribution < 1.29 is 22.3 Å². The van der Waals surface area contributed by atoms with Crippen molar-refractivity contribution in [3.8, 4) is 5.75 Å². The summed E-state index contributed by atoms with van der Waals surface area (Å²) in [6.07, 6.45) is 1.14. The van der Waals surface area contributed by atoms with Crippen LogP contribution in [0.1, 0.15) is 19.4 Å². The van der Waals surface area contributed by atoms with Gasteiger partial charge < -0.3 is 10.1 Å². The lowest BCUT2D eigenvalue weighted by atomic mass is 9.83. The highest BCUT2D eigenvalue weighted by Crippen LogP contribution is 2.26. The molecule has 1 amide bonds. The maximum Gasteiger partial charge on any atom is 0.234 e. The van der Waals surface area contributed by atoms with Crippen molar-refractivity contribution in [3.63, 3.8) is 0 Å². The normalized spacial score (nSPS) is 11.8. The molecule has 0 atom stereocenters. The van der Waals surface area contributed by atoms with Gasteiger partial charge in [0.25, 0.3) is 0 Å². The number of benzene rings is 2. The van der Waals surface area contributed by atoms with Crippen LogP contribution in [0.4, 0.5) is 10.1 Å². The van der Waals surface area contributed by atoms with Gasteiger partial charge in [0, 0.05) is 18.0 Å². The van der Waals surface area contributed by atoms with E-state index in [9.17, 15) is 17.6 Å². The fourth-order valence-corrected chi connectivity index (χ4v) is 2.65. The third-order valence-corrected chi connectivity index (χ3v) is 4.86. The molecule has 0 saturated heterocycles. The Hall–Kier alpha value is -2.41. The minimum atomic E-state index is -3.10. The first-order valence-corrected chi connectivity index (χ1v) is 10.1. The largest absolute Gasteiger partial charge is 0.492 e. The Bertz CT molecular complexity index is 877. The topological polar surface area (TPSA) is 72.5 Å². The zero-order chi connectivity index (χ0) is 19.4. The number of nitrogens with one attached hydrogen (secondary N) is 1. The number of hydrogen-bond donors (Lipinski definition) is 1. The van der Waals surface area contributed by atoms with Gasteiger partial charge in [0.2, 0.25) is 5.91 Å². The molecule has 2 aromatic carbocycles. The van der Waals surface area contributed by atoms with E-state index < -0.39 is 15.3 Å². The van der Waals surface area contributed by atoms with E-state index in [0.717, 1.165) is 6.26 Å². The van der Waals surface area contributed by atoms with Gasteiger partial charge in [0.15, 0.2) is 9.84 Å². The highest BCUT2D eigenvalue weighted by molar-refractivity contribution is 7.90. The number of amides is 1. The summed E-state index contributed by atoms with van der Waals surface area (Å²) in [4.78, 5) is 12.7. The molecule has 0 aliphatic carbocycles. The molecule has 2 aromatic rings. The van der Waals surface area contributed by atoms with E-state index in [-0.39, 0.29) is 24.1 Å². The molecule has 0 aromatic heterocycles. The van der Waals surface area contributed by atoms with Crippen LogP contribution in [-0.2, 0) is 20.0 Å². The highest BCUT2D eigenvalue weighted by atomic mass is 32.2. The molecule has 1 N–H and O–H groups in total. The standard InChI is InChI=1S/C19H22FNO4S/c1-19(2,14-7-9-15(20)10-8-14)18(22)21-16-5-4-6-17(13-16)25-11-12-26(3,23)24/h4-10,13H,11-12H2,1-3H3,(H,21,22). The molecule has 0 aliphatic heterocycles. The summed E-state index contributed by atoms with van der Waals surface area (Å²) in [7, 11) is -3.10. The Morgan fingerprint density at radius 1 is 1.15 bits per heavy atom. The summed E-state index contributed by atoms with van der Waals surface area (Å²) < 4.78 is 40.8. The summed E-state index contributed by atoms with van der Waals surface area (Å²) in [5.74, 6) is -0.228. The second-order valence-electron chi connectivity index (χ2n) is 6.59. The molecule has 0 aliphatic rings. The predicted molar refractivity (Wildman–Crippen MR) is 99.7 cm³/mol. The molecule has 0 spiro atoms. The van der Waals surface area contributed by atoms with Gasteiger partial charge in [-0.3, -0.25) is 4.79 Å². The maximum absolute atomic E-state index is 13.1. The van der Waals surface area contributed by atoms with E-state index in [1.807, 2.05) is 0 Å². The third kappa shape index (κ3) is 5.56. The van der Waals surface area contributed by atoms with Crippen LogP contribution in [0.3, 0.4) is 0 Å². The Labute approximate surface area is 153 Å². The monoisotopic (exact) mass is 379 g/mol. The van der Waals surface area contributed by atoms with Gasteiger partial charge in [-0.1, -0.05) is 18.2 Å². The first-order valence-electron chi connectivity index (χ1n) is 8.06. The van der Waals surface area contributed by atoms with Crippen LogP contribution >= 0.6 is 0 Å². The van der Waals surface area contributed by atoms with Crippen molar-refractivity contribution in [2.45, 2.75) is 19.3 Å². The van der Waals surface area contributed by atoms with Gasteiger partial charge in [-0.15, -0.1) is 0 Å². The first-order chi connectivity index (χ1) is 12.1. The lowest BCUT2D eigenvalue weighted by Crippen LogP contribution is -2.34. The molecule has 26 heavy (non-hydrogen) atoms. The number of carbonyl (C=O) groups excluding carboxylic acids is 1. The molecule has 2 rings (SSSR count). The molecule has 140 valence electrons. The Morgan fingerprint density at radius 2 is 1.81 bits per heavy atom. The van der Waals surface area contributed by atoms with Crippen LogP contribution in [0.15, 0.2) is 48.5 Å². The maximum atomic E-state index is 13.1. The Morgan fingerprint density at radius 3 is 2.42 bits per heavy atom. The molecule has 5 nitrogen and oxygen atoms in total. The Balaban J connectivity index is 2.06. The average Bonchev–Trinajstić information content (AvgIpc) is 2.54. The SMILES string of the molecule is CC(C)(C(=O)Nc1cccc(OCCS(C)(=O)=O)c1)c1ccc(F)cc1. The molecule has 0 bridgehead atoms. The number of carbonyl (C=O) groups is 1. The van der Waals surface area contributed by atoms with Gasteiger partial charge >= 0.3 is 0 Å². The van der Waals surface area contributed by atoms with Gasteiger partial charge in [-0.05, 0) is 43.7 Å². The Kier molecular flexibility index (Phi) is 6.02. The van der Waals surface area contributed by atoms with Crippen LogP contribution in [-0.4, -0.2) is 32.9 Å². The smallest absolute Gasteiger partial charge is 0.234 e. The van der Waals surface area contributed by atoms with Crippen LogP contribution in [0.25, 0.3) is 0 Å². The van der Waals surface area contributed by atoms with E-state index in [0.29, 0.717) is 17.0 Å². The zero-order valence-electron chi connectivity index (χ0n) is 15.0. The number of rotatable bonds is 7. The van der Waals surface area contributed by atoms with E-state index in [4.69, 9.17) is 4.74 Å². The fourth-order valence-electron chi connectivity index (χ4n) is 2.26.